The van der Waals surface area contributed by atoms with Crippen LogP contribution >= 0.6 is 0 Å². The van der Waals surface area contributed by atoms with Crippen molar-refractivity contribution in [1.82, 2.24) is 9.80 Å². The van der Waals surface area contributed by atoms with Gasteiger partial charge in [0.15, 0.2) is 0 Å². The molecule has 1 aliphatic rings. The molecule has 0 saturated carbocycles. The molecule has 0 bridgehead atoms. The summed E-state index contributed by atoms with van der Waals surface area (Å²) in [6.45, 7) is 3.86. The van der Waals surface area contributed by atoms with Crippen molar-refractivity contribution in [3.63, 3.8) is 0 Å². The van der Waals surface area contributed by atoms with Gasteiger partial charge in [0.25, 0.3) is 0 Å². The molecule has 0 spiro atoms. The van der Waals surface area contributed by atoms with Gasteiger partial charge in [0.1, 0.15) is 0 Å². The van der Waals surface area contributed by atoms with Crippen molar-refractivity contribution < 1.29 is 19.4 Å². The Morgan fingerprint density at radius 2 is 2.00 bits per heavy atom. The summed E-state index contributed by atoms with van der Waals surface area (Å²) in [5.74, 6) is -0.816. The van der Waals surface area contributed by atoms with Crippen LogP contribution in [0, 0.1) is 0 Å². The van der Waals surface area contributed by atoms with Gasteiger partial charge in [-0.1, -0.05) is 13.3 Å². The molecule has 110 valence electrons. The maximum Gasteiger partial charge on any atom is 0.409 e. The van der Waals surface area contributed by atoms with Gasteiger partial charge in [0.05, 0.1) is 13.2 Å². The van der Waals surface area contributed by atoms with E-state index in [0.717, 1.165) is 25.7 Å². The van der Waals surface area contributed by atoms with Crippen LogP contribution in [0.1, 0.15) is 32.6 Å². The fraction of sp³-hybridized carbons (Fsp3) is 0.846. The fourth-order valence-corrected chi connectivity index (χ4v) is 2.23. The minimum absolute atomic E-state index is 0.0472. The highest BCUT2D eigenvalue weighted by Gasteiger charge is 2.26. The zero-order chi connectivity index (χ0) is 14.3. The van der Waals surface area contributed by atoms with Gasteiger partial charge in [-0.05, 0) is 26.3 Å². The highest BCUT2D eigenvalue weighted by molar-refractivity contribution is 5.69. The largest absolute Gasteiger partial charge is 0.480 e. The standard InChI is InChI=1S/C13H24N2O4/c1-3-4-9-19-13(18)15-7-5-11(6-8-15)14(2)10-12(16)17/h11H,3-10H2,1-2H3,(H,16,17). The lowest BCUT2D eigenvalue weighted by atomic mass is 10.0. The summed E-state index contributed by atoms with van der Waals surface area (Å²) >= 11 is 0. The second-order valence-corrected chi connectivity index (χ2v) is 4.99. The van der Waals surface area contributed by atoms with Crippen molar-refractivity contribution >= 4 is 12.1 Å². The molecule has 0 aromatic rings. The molecular formula is C13H24N2O4. The predicted octanol–water partition coefficient (Wildman–Crippen LogP) is 1.40. The Bertz CT molecular complexity index is 301. The van der Waals surface area contributed by atoms with Gasteiger partial charge < -0.3 is 14.7 Å². The van der Waals surface area contributed by atoms with E-state index in [2.05, 4.69) is 6.92 Å². The minimum atomic E-state index is -0.816. The third-order valence-corrected chi connectivity index (χ3v) is 3.45. The zero-order valence-electron chi connectivity index (χ0n) is 11.8. The Kier molecular flexibility index (Phi) is 6.62. The summed E-state index contributed by atoms with van der Waals surface area (Å²) in [5.41, 5.74) is 0. The van der Waals surface area contributed by atoms with Gasteiger partial charge in [-0.25, -0.2) is 4.79 Å². The van der Waals surface area contributed by atoms with E-state index >= 15 is 0 Å². The molecule has 1 amide bonds. The van der Waals surface area contributed by atoms with E-state index in [9.17, 15) is 9.59 Å². The number of unbranched alkanes of at least 4 members (excludes halogenated alkanes) is 1. The number of aliphatic carboxylic acids is 1. The first-order chi connectivity index (χ1) is 9.04. The number of likely N-dealkylation sites (tertiary alicyclic amines) is 1. The highest BCUT2D eigenvalue weighted by Crippen LogP contribution is 2.16. The van der Waals surface area contributed by atoms with E-state index in [1.54, 1.807) is 4.90 Å². The van der Waals surface area contributed by atoms with Crippen molar-refractivity contribution in [2.24, 2.45) is 0 Å². The lowest BCUT2D eigenvalue weighted by Gasteiger charge is -2.35. The van der Waals surface area contributed by atoms with Gasteiger partial charge in [0, 0.05) is 19.1 Å². The molecule has 19 heavy (non-hydrogen) atoms. The molecule has 1 N–H and O–H groups in total. The Hall–Kier alpha value is -1.30. The molecule has 6 heteroatoms. The second kappa shape index (κ2) is 7.99. The average Bonchev–Trinajstić information content (AvgIpc) is 2.38. The number of ether oxygens (including phenoxy) is 1. The summed E-state index contributed by atoms with van der Waals surface area (Å²) in [5, 5.41) is 8.75. The number of carbonyl (C=O) groups excluding carboxylic acids is 1. The number of hydrogen-bond acceptors (Lipinski definition) is 4. The lowest BCUT2D eigenvalue weighted by Crippen LogP contribution is -2.46. The van der Waals surface area contributed by atoms with E-state index in [-0.39, 0.29) is 18.7 Å². The molecule has 0 unspecified atom stereocenters. The van der Waals surface area contributed by atoms with Crippen LogP contribution < -0.4 is 0 Å². The predicted molar refractivity (Wildman–Crippen MR) is 71.1 cm³/mol. The molecule has 0 aromatic carbocycles. The zero-order valence-corrected chi connectivity index (χ0v) is 11.8. The first-order valence-corrected chi connectivity index (χ1v) is 6.88. The Morgan fingerprint density at radius 3 is 2.53 bits per heavy atom. The summed E-state index contributed by atoms with van der Waals surface area (Å²) in [6.07, 6.45) is 3.26. The van der Waals surface area contributed by atoms with Crippen LogP contribution in [-0.2, 0) is 9.53 Å². The molecule has 1 rings (SSSR count). The van der Waals surface area contributed by atoms with Crippen molar-refractivity contribution in [2.45, 2.75) is 38.6 Å². The van der Waals surface area contributed by atoms with Gasteiger partial charge in [-0.2, -0.15) is 0 Å². The minimum Gasteiger partial charge on any atom is -0.480 e. The van der Waals surface area contributed by atoms with E-state index in [1.165, 1.54) is 0 Å². The quantitative estimate of drug-likeness (QED) is 0.740. The van der Waals surface area contributed by atoms with Crippen LogP contribution in [-0.4, -0.2) is 66.3 Å². The number of nitrogens with zero attached hydrogens (tertiary/aromatic N) is 2. The molecule has 1 fully saturated rings. The molecular weight excluding hydrogens is 248 g/mol. The number of rotatable bonds is 6. The maximum atomic E-state index is 11.7. The Morgan fingerprint density at radius 1 is 1.37 bits per heavy atom. The van der Waals surface area contributed by atoms with E-state index in [0.29, 0.717) is 19.7 Å². The first kappa shape index (κ1) is 15.8. The van der Waals surface area contributed by atoms with Crippen molar-refractivity contribution in [3.05, 3.63) is 0 Å². The normalized spacial score (nSPS) is 16.7. The summed E-state index contributed by atoms with van der Waals surface area (Å²) < 4.78 is 5.16. The molecule has 0 radical (unpaired) electrons. The number of amides is 1. The third-order valence-electron chi connectivity index (χ3n) is 3.45. The SMILES string of the molecule is CCCCOC(=O)N1CCC(N(C)CC(=O)O)CC1. The number of likely N-dealkylation sites (N-methyl/N-ethyl adjacent to an activating group) is 1. The Labute approximate surface area is 114 Å². The van der Waals surface area contributed by atoms with Gasteiger partial charge >= 0.3 is 12.1 Å². The highest BCUT2D eigenvalue weighted by atomic mass is 16.6. The van der Waals surface area contributed by atoms with Crippen molar-refractivity contribution in [1.29, 1.82) is 0 Å². The smallest absolute Gasteiger partial charge is 0.409 e. The van der Waals surface area contributed by atoms with Crippen LogP contribution in [0.2, 0.25) is 0 Å². The third kappa shape index (κ3) is 5.46. The van der Waals surface area contributed by atoms with E-state index < -0.39 is 5.97 Å². The van der Waals surface area contributed by atoms with Gasteiger partial charge in [-0.15, -0.1) is 0 Å². The summed E-state index contributed by atoms with van der Waals surface area (Å²) in [4.78, 5) is 25.9. The number of hydrogen-bond donors (Lipinski definition) is 1. The molecule has 0 atom stereocenters. The fourth-order valence-electron chi connectivity index (χ4n) is 2.23. The molecule has 0 aliphatic carbocycles. The van der Waals surface area contributed by atoms with Crippen LogP contribution in [0.25, 0.3) is 0 Å². The number of carbonyl (C=O) groups is 2. The number of piperidine rings is 1. The van der Waals surface area contributed by atoms with Gasteiger partial charge in [-0.3, -0.25) is 9.69 Å². The Balaban J connectivity index is 2.28. The van der Waals surface area contributed by atoms with Crippen LogP contribution in [0.5, 0.6) is 0 Å². The van der Waals surface area contributed by atoms with E-state index in [1.807, 2.05) is 11.9 Å². The maximum absolute atomic E-state index is 11.7. The van der Waals surface area contributed by atoms with Crippen molar-refractivity contribution in [2.75, 3.05) is 33.3 Å². The molecule has 0 aromatic heterocycles. The van der Waals surface area contributed by atoms with Gasteiger partial charge in [0.2, 0.25) is 0 Å². The second-order valence-electron chi connectivity index (χ2n) is 4.99. The topological polar surface area (TPSA) is 70.1 Å². The van der Waals surface area contributed by atoms with E-state index in [4.69, 9.17) is 9.84 Å². The van der Waals surface area contributed by atoms with Crippen LogP contribution in [0.4, 0.5) is 4.79 Å². The van der Waals surface area contributed by atoms with Crippen LogP contribution in [0.15, 0.2) is 0 Å². The first-order valence-electron chi connectivity index (χ1n) is 6.88. The average molecular weight is 272 g/mol. The molecule has 6 nitrogen and oxygen atoms in total. The van der Waals surface area contributed by atoms with Crippen molar-refractivity contribution in [3.8, 4) is 0 Å². The monoisotopic (exact) mass is 272 g/mol. The number of carboxylic acid groups (broad SMARTS) is 1. The number of carboxylic acids is 1. The molecule has 1 aliphatic heterocycles. The molecule has 1 heterocycles. The molecule has 1 saturated heterocycles. The van der Waals surface area contributed by atoms with Crippen LogP contribution in [0.3, 0.4) is 0 Å². The summed E-state index contributed by atoms with van der Waals surface area (Å²) in [6, 6.07) is 0.232. The lowest BCUT2D eigenvalue weighted by molar-refractivity contribution is -0.138. The summed E-state index contributed by atoms with van der Waals surface area (Å²) in [7, 11) is 1.81.